The van der Waals surface area contributed by atoms with Crippen molar-refractivity contribution in [3.05, 3.63) is 64.8 Å². The van der Waals surface area contributed by atoms with Crippen LogP contribution in [0.5, 0.6) is 5.75 Å². The third-order valence-corrected chi connectivity index (χ3v) is 4.92. The topological polar surface area (TPSA) is 107 Å². The summed E-state index contributed by atoms with van der Waals surface area (Å²) in [7, 11) is 0. The molecule has 0 atom stereocenters. The van der Waals surface area contributed by atoms with Crippen LogP contribution in [0, 0.1) is 10.1 Å². The van der Waals surface area contributed by atoms with Crippen molar-refractivity contribution >= 4 is 33.1 Å². The van der Waals surface area contributed by atoms with Crippen LogP contribution in [0.1, 0.15) is 0 Å². The minimum atomic E-state index is -0.465. The molecule has 124 valence electrons. The summed E-state index contributed by atoms with van der Waals surface area (Å²) in [6.45, 7) is 0. The van der Waals surface area contributed by atoms with Gasteiger partial charge in [-0.3, -0.25) is 14.7 Å². The number of nitro groups is 1. The smallest absolute Gasteiger partial charge is 0.269 e. The Balaban J connectivity index is 1.82. The Hall–Kier alpha value is -3.39. The molecule has 8 heteroatoms. The molecule has 7 nitrogen and oxygen atoms in total. The van der Waals surface area contributed by atoms with Crippen LogP contribution in [-0.2, 0) is 0 Å². The molecule has 25 heavy (non-hydrogen) atoms. The van der Waals surface area contributed by atoms with E-state index >= 15 is 0 Å². The van der Waals surface area contributed by atoms with Crippen LogP contribution < -0.4 is 5.73 Å². The van der Waals surface area contributed by atoms with Gasteiger partial charge in [-0.15, -0.1) is 11.3 Å². The quantitative estimate of drug-likeness (QED) is 0.429. The number of benzene rings is 2. The number of aromatic hydroxyl groups is 1. The highest BCUT2D eigenvalue weighted by Gasteiger charge is 2.19. The number of nitrogen functional groups attached to an aromatic ring is 1. The van der Waals surface area contributed by atoms with Crippen molar-refractivity contribution in [3.8, 4) is 22.0 Å². The summed E-state index contributed by atoms with van der Waals surface area (Å²) in [5.41, 5.74) is 8.13. The number of para-hydroxylation sites is 1. The summed E-state index contributed by atoms with van der Waals surface area (Å²) in [5.74, 6) is 0.334. The number of anilines is 1. The predicted octanol–water partition coefficient (Wildman–Crippen LogP) is 3.95. The van der Waals surface area contributed by atoms with Gasteiger partial charge in [0.05, 0.1) is 26.9 Å². The third-order valence-electron chi connectivity index (χ3n) is 3.87. The van der Waals surface area contributed by atoms with Crippen molar-refractivity contribution in [2.75, 3.05) is 5.73 Å². The summed E-state index contributed by atoms with van der Waals surface area (Å²) in [4.78, 5) is 14.8. The molecule has 2 aromatic heterocycles. The van der Waals surface area contributed by atoms with Gasteiger partial charge in [-0.25, -0.2) is 4.98 Å². The maximum absolute atomic E-state index is 10.8. The standard InChI is InChI=1S/C17H12N4O3S/c18-16-15(17-19-12-3-1-2-4-14(12)25-17)13(22)9-20(16)10-5-7-11(8-6-10)21(23)24/h1-9,22H,18H2. The zero-order valence-electron chi connectivity index (χ0n) is 12.8. The van der Waals surface area contributed by atoms with Gasteiger partial charge in [-0.1, -0.05) is 12.1 Å². The summed E-state index contributed by atoms with van der Waals surface area (Å²) < 4.78 is 2.58. The van der Waals surface area contributed by atoms with E-state index in [9.17, 15) is 15.2 Å². The van der Waals surface area contributed by atoms with Crippen molar-refractivity contribution in [3.63, 3.8) is 0 Å². The van der Waals surface area contributed by atoms with Gasteiger partial charge < -0.3 is 10.8 Å². The van der Waals surface area contributed by atoms with Gasteiger partial charge in [0.25, 0.3) is 5.69 Å². The number of hydrogen-bond acceptors (Lipinski definition) is 6. The van der Waals surface area contributed by atoms with E-state index in [4.69, 9.17) is 5.73 Å². The molecule has 0 spiro atoms. The number of non-ortho nitro benzene ring substituents is 1. The Labute approximate surface area is 145 Å². The second-order valence-electron chi connectivity index (χ2n) is 5.40. The maximum Gasteiger partial charge on any atom is 0.269 e. The fourth-order valence-corrected chi connectivity index (χ4v) is 3.68. The summed E-state index contributed by atoms with van der Waals surface area (Å²) in [5, 5.41) is 21.7. The molecule has 0 amide bonds. The van der Waals surface area contributed by atoms with Gasteiger partial charge in [0, 0.05) is 17.8 Å². The molecule has 0 aliphatic rings. The Kier molecular flexibility index (Phi) is 3.40. The highest BCUT2D eigenvalue weighted by Crippen LogP contribution is 2.41. The lowest BCUT2D eigenvalue weighted by molar-refractivity contribution is -0.384. The highest BCUT2D eigenvalue weighted by atomic mass is 32.1. The number of hydrogen-bond donors (Lipinski definition) is 2. The molecule has 4 rings (SSSR count). The first-order valence-electron chi connectivity index (χ1n) is 7.35. The number of nitro benzene ring substituents is 1. The van der Waals surface area contributed by atoms with Crippen molar-refractivity contribution in [2.24, 2.45) is 0 Å². The van der Waals surface area contributed by atoms with Gasteiger partial charge in [-0.05, 0) is 24.3 Å². The van der Waals surface area contributed by atoms with Crippen molar-refractivity contribution in [1.29, 1.82) is 0 Å². The molecule has 0 bridgehead atoms. The van der Waals surface area contributed by atoms with Crippen LogP contribution in [-0.4, -0.2) is 19.6 Å². The normalized spacial score (nSPS) is 11.0. The van der Waals surface area contributed by atoms with Crippen molar-refractivity contribution in [2.45, 2.75) is 0 Å². The van der Waals surface area contributed by atoms with Crippen molar-refractivity contribution < 1.29 is 10.0 Å². The molecule has 0 fully saturated rings. The Bertz CT molecular complexity index is 1070. The van der Waals surface area contributed by atoms with Gasteiger partial charge in [-0.2, -0.15) is 0 Å². The second kappa shape index (κ2) is 5.60. The van der Waals surface area contributed by atoms with E-state index in [1.54, 1.807) is 16.7 Å². The lowest BCUT2D eigenvalue weighted by Gasteiger charge is -2.05. The number of nitrogens with zero attached hydrogens (tertiary/aromatic N) is 3. The minimum Gasteiger partial charge on any atom is -0.506 e. The second-order valence-corrected chi connectivity index (χ2v) is 6.44. The molecular weight excluding hydrogens is 340 g/mol. The van der Waals surface area contributed by atoms with E-state index in [1.165, 1.54) is 29.7 Å². The van der Waals surface area contributed by atoms with E-state index < -0.39 is 4.92 Å². The monoisotopic (exact) mass is 352 g/mol. The van der Waals surface area contributed by atoms with Crippen LogP contribution in [0.15, 0.2) is 54.7 Å². The fraction of sp³-hybridized carbons (Fsp3) is 0. The van der Waals surface area contributed by atoms with E-state index in [1.807, 2.05) is 24.3 Å². The number of fused-ring (bicyclic) bond motifs is 1. The maximum atomic E-state index is 10.8. The van der Waals surface area contributed by atoms with Gasteiger partial charge in [0.2, 0.25) is 0 Å². The molecule has 4 aromatic rings. The number of rotatable bonds is 3. The van der Waals surface area contributed by atoms with E-state index in [0.29, 0.717) is 22.1 Å². The summed E-state index contributed by atoms with van der Waals surface area (Å²) in [6.07, 6.45) is 1.48. The van der Waals surface area contributed by atoms with Crippen LogP contribution in [0.2, 0.25) is 0 Å². The number of nitrogens with two attached hydrogens (primary N) is 1. The zero-order valence-corrected chi connectivity index (χ0v) is 13.6. The van der Waals surface area contributed by atoms with Crippen LogP contribution >= 0.6 is 11.3 Å². The zero-order chi connectivity index (χ0) is 17.6. The summed E-state index contributed by atoms with van der Waals surface area (Å²) >= 11 is 1.44. The third kappa shape index (κ3) is 2.48. The molecule has 0 saturated carbocycles. The van der Waals surface area contributed by atoms with E-state index in [2.05, 4.69) is 4.98 Å². The van der Waals surface area contributed by atoms with Gasteiger partial charge >= 0.3 is 0 Å². The Morgan fingerprint density at radius 2 is 1.88 bits per heavy atom. The van der Waals surface area contributed by atoms with E-state index in [-0.39, 0.29) is 11.4 Å². The van der Waals surface area contributed by atoms with Crippen LogP contribution in [0.25, 0.3) is 26.5 Å². The average molecular weight is 352 g/mol. The Morgan fingerprint density at radius 1 is 1.16 bits per heavy atom. The first-order chi connectivity index (χ1) is 12.0. The molecule has 0 saturated heterocycles. The van der Waals surface area contributed by atoms with Crippen LogP contribution in [0.4, 0.5) is 11.5 Å². The predicted molar refractivity (Wildman–Crippen MR) is 97.1 cm³/mol. The largest absolute Gasteiger partial charge is 0.506 e. The number of aromatic nitrogens is 2. The summed E-state index contributed by atoms with van der Waals surface area (Å²) in [6, 6.07) is 13.6. The molecule has 3 N–H and O–H groups in total. The van der Waals surface area contributed by atoms with E-state index in [0.717, 1.165) is 10.2 Å². The molecule has 0 radical (unpaired) electrons. The van der Waals surface area contributed by atoms with Crippen LogP contribution in [0.3, 0.4) is 0 Å². The van der Waals surface area contributed by atoms with Gasteiger partial charge in [0.1, 0.15) is 16.6 Å². The fourth-order valence-electron chi connectivity index (χ4n) is 2.65. The first kappa shape index (κ1) is 15.2. The number of thiazole rings is 1. The molecular formula is C17H12N4O3S. The van der Waals surface area contributed by atoms with Crippen molar-refractivity contribution in [1.82, 2.24) is 9.55 Å². The highest BCUT2D eigenvalue weighted by molar-refractivity contribution is 7.21. The lowest BCUT2D eigenvalue weighted by Crippen LogP contribution is -1.99. The van der Waals surface area contributed by atoms with Gasteiger partial charge in [0.15, 0.2) is 0 Å². The Morgan fingerprint density at radius 3 is 2.56 bits per heavy atom. The lowest BCUT2D eigenvalue weighted by atomic mass is 10.2. The molecule has 2 heterocycles. The molecule has 0 unspecified atom stereocenters. The molecule has 0 aliphatic carbocycles. The molecule has 2 aromatic carbocycles. The minimum absolute atomic E-state index is 0.00917. The first-order valence-corrected chi connectivity index (χ1v) is 8.17. The average Bonchev–Trinajstić information content (AvgIpc) is 3.15. The SMILES string of the molecule is Nc1c(-c2nc3ccccc3s2)c(O)cn1-c1ccc([N+](=O)[O-])cc1. The molecule has 0 aliphatic heterocycles.